The number of hydrogen-bond acceptors (Lipinski definition) is 2. The third kappa shape index (κ3) is 1.52. The fraction of sp³-hybridized carbons (Fsp3) is 0.400. The normalized spacial score (nSPS) is 11.9. The highest BCUT2D eigenvalue weighted by atomic mass is 16.5. The molecule has 0 radical (unpaired) electrons. The molecule has 0 saturated heterocycles. The molecule has 1 aromatic carbocycles. The Morgan fingerprint density at radius 2 is 2.08 bits per heavy atom. The van der Waals surface area contributed by atoms with Gasteiger partial charge in [0.1, 0.15) is 5.75 Å². The standard InChI is InChI=1S/C8H9NO.C2H6/c1-6-3-2-4-7-8(6)9-5-10-7;1-2/h2-4,9H,5H2,1H3;1-2H3. The zero-order valence-corrected chi connectivity index (χ0v) is 7.85. The summed E-state index contributed by atoms with van der Waals surface area (Å²) in [6, 6.07) is 6.05. The molecule has 0 bridgehead atoms. The van der Waals surface area contributed by atoms with Crippen LogP contribution in [0.4, 0.5) is 5.69 Å². The van der Waals surface area contributed by atoms with Gasteiger partial charge in [0, 0.05) is 0 Å². The van der Waals surface area contributed by atoms with E-state index in [1.165, 1.54) is 5.56 Å². The van der Waals surface area contributed by atoms with Gasteiger partial charge in [0.15, 0.2) is 6.73 Å². The number of hydrogen-bond donors (Lipinski definition) is 1. The van der Waals surface area contributed by atoms with Gasteiger partial charge in [0.25, 0.3) is 0 Å². The van der Waals surface area contributed by atoms with Gasteiger partial charge in [0.2, 0.25) is 0 Å². The van der Waals surface area contributed by atoms with Gasteiger partial charge in [-0.25, -0.2) is 0 Å². The zero-order chi connectivity index (χ0) is 8.97. The number of ether oxygens (including phenoxy) is 1. The number of rotatable bonds is 0. The smallest absolute Gasteiger partial charge is 0.159 e. The van der Waals surface area contributed by atoms with E-state index < -0.39 is 0 Å². The Labute approximate surface area is 73.6 Å². The van der Waals surface area contributed by atoms with Crippen molar-refractivity contribution in [2.45, 2.75) is 20.8 Å². The molecule has 0 atom stereocenters. The molecule has 1 heterocycles. The summed E-state index contributed by atoms with van der Waals surface area (Å²) in [7, 11) is 0. The topological polar surface area (TPSA) is 21.3 Å². The molecule has 2 rings (SSSR count). The van der Waals surface area contributed by atoms with E-state index in [9.17, 15) is 0 Å². The van der Waals surface area contributed by atoms with Gasteiger partial charge in [-0.05, 0) is 18.6 Å². The van der Waals surface area contributed by atoms with Crippen LogP contribution >= 0.6 is 0 Å². The summed E-state index contributed by atoms with van der Waals surface area (Å²) < 4.78 is 5.27. The highest BCUT2D eigenvalue weighted by Crippen LogP contribution is 2.31. The summed E-state index contributed by atoms with van der Waals surface area (Å²) in [6.45, 7) is 6.68. The quantitative estimate of drug-likeness (QED) is 0.638. The van der Waals surface area contributed by atoms with Gasteiger partial charge in [0.05, 0.1) is 5.69 Å². The van der Waals surface area contributed by atoms with Crippen LogP contribution < -0.4 is 10.1 Å². The van der Waals surface area contributed by atoms with Crippen LogP contribution in [0, 0.1) is 6.92 Å². The molecule has 2 nitrogen and oxygen atoms in total. The molecule has 0 amide bonds. The van der Waals surface area contributed by atoms with Crippen LogP contribution in [0.3, 0.4) is 0 Å². The summed E-state index contributed by atoms with van der Waals surface area (Å²) in [4.78, 5) is 0. The van der Waals surface area contributed by atoms with Gasteiger partial charge >= 0.3 is 0 Å². The van der Waals surface area contributed by atoms with Crippen molar-refractivity contribution in [2.75, 3.05) is 12.0 Å². The van der Waals surface area contributed by atoms with Crippen molar-refractivity contribution in [3.63, 3.8) is 0 Å². The lowest BCUT2D eigenvalue weighted by Crippen LogP contribution is -1.97. The van der Waals surface area contributed by atoms with Crippen molar-refractivity contribution in [3.05, 3.63) is 23.8 Å². The Morgan fingerprint density at radius 3 is 2.75 bits per heavy atom. The maximum absolute atomic E-state index is 5.27. The number of benzene rings is 1. The monoisotopic (exact) mass is 165 g/mol. The Morgan fingerprint density at radius 1 is 1.33 bits per heavy atom. The van der Waals surface area contributed by atoms with E-state index in [1.54, 1.807) is 0 Å². The summed E-state index contributed by atoms with van der Waals surface area (Å²) in [6.07, 6.45) is 0. The first-order chi connectivity index (χ1) is 5.88. The largest absolute Gasteiger partial charge is 0.471 e. The molecule has 1 N–H and O–H groups in total. The van der Waals surface area contributed by atoms with Crippen LogP contribution in [-0.2, 0) is 0 Å². The van der Waals surface area contributed by atoms with Crippen LogP contribution in [0.1, 0.15) is 19.4 Å². The lowest BCUT2D eigenvalue weighted by atomic mass is 10.2. The summed E-state index contributed by atoms with van der Waals surface area (Å²) in [5.74, 6) is 0.972. The van der Waals surface area contributed by atoms with Crippen LogP contribution in [-0.4, -0.2) is 6.73 Å². The first kappa shape index (κ1) is 8.91. The molecule has 12 heavy (non-hydrogen) atoms. The molecule has 0 saturated carbocycles. The van der Waals surface area contributed by atoms with Crippen LogP contribution in [0.5, 0.6) is 5.75 Å². The predicted molar refractivity (Wildman–Crippen MR) is 51.6 cm³/mol. The Balaban J connectivity index is 0.000000336. The maximum Gasteiger partial charge on any atom is 0.159 e. The van der Waals surface area contributed by atoms with Gasteiger partial charge in [-0.1, -0.05) is 26.0 Å². The Kier molecular flexibility index (Phi) is 2.97. The first-order valence-corrected chi connectivity index (χ1v) is 4.34. The zero-order valence-electron chi connectivity index (χ0n) is 7.85. The van der Waals surface area contributed by atoms with Crippen LogP contribution in [0.15, 0.2) is 18.2 Å². The molecule has 0 fully saturated rings. The Hall–Kier alpha value is -1.18. The van der Waals surface area contributed by atoms with Gasteiger partial charge < -0.3 is 10.1 Å². The average molecular weight is 165 g/mol. The van der Waals surface area contributed by atoms with Gasteiger partial charge in [-0.15, -0.1) is 0 Å². The van der Waals surface area contributed by atoms with Crippen molar-refractivity contribution in [3.8, 4) is 5.75 Å². The molecule has 0 aromatic heterocycles. The van der Waals surface area contributed by atoms with E-state index >= 15 is 0 Å². The molecule has 0 spiro atoms. The molecule has 0 unspecified atom stereocenters. The lowest BCUT2D eigenvalue weighted by molar-refractivity contribution is 0.372. The van der Waals surface area contributed by atoms with E-state index in [0.717, 1.165) is 11.4 Å². The predicted octanol–water partition coefficient (Wildman–Crippen LogP) is 2.78. The highest BCUT2D eigenvalue weighted by molar-refractivity contribution is 5.63. The molecule has 0 aliphatic carbocycles. The summed E-state index contributed by atoms with van der Waals surface area (Å²) >= 11 is 0. The minimum absolute atomic E-state index is 0.611. The molecular formula is C10H15NO. The maximum atomic E-state index is 5.27. The molecular weight excluding hydrogens is 150 g/mol. The lowest BCUT2D eigenvalue weighted by Gasteiger charge is -1.98. The first-order valence-electron chi connectivity index (χ1n) is 4.34. The third-order valence-corrected chi connectivity index (χ3v) is 1.71. The molecule has 1 aliphatic heterocycles. The van der Waals surface area contributed by atoms with Crippen molar-refractivity contribution in [1.82, 2.24) is 0 Å². The third-order valence-electron chi connectivity index (χ3n) is 1.71. The second kappa shape index (κ2) is 4.00. The van der Waals surface area contributed by atoms with Crippen LogP contribution in [0.2, 0.25) is 0 Å². The van der Waals surface area contributed by atoms with E-state index in [1.807, 2.05) is 26.0 Å². The van der Waals surface area contributed by atoms with Crippen molar-refractivity contribution in [2.24, 2.45) is 0 Å². The minimum atomic E-state index is 0.611. The molecule has 1 aromatic rings. The van der Waals surface area contributed by atoms with Gasteiger partial charge in [-0.3, -0.25) is 0 Å². The fourth-order valence-electron chi connectivity index (χ4n) is 1.17. The van der Waals surface area contributed by atoms with E-state index in [2.05, 4.69) is 18.3 Å². The second-order valence-corrected chi connectivity index (χ2v) is 2.41. The van der Waals surface area contributed by atoms with Crippen molar-refractivity contribution >= 4 is 5.69 Å². The number of anilines is 1. The van der Waals surface area contributed by atoms with Crippen LogP contribution in [0.25, 0.3) is 0 Å². The van der Waals surface area contributed by atoms with E-state index in [0.29, 0.717) is 6.73 Å². The molecule has 1 aliphatic rings. The highest BCUT2D eigenvalue weighted by Gasteiger charge is 2.10. The summed E-state index contributed by atoms with van der Waals surface area (Å²) in [5.41, 5.74) is 2.39. The van der Waals surface area contributed by atoms with Crippen molar-refractivity contribution < 1.29 is 4.74 Å². The average Bonchev–Trinajstić information content (AvgIpc) is 2.57. The number of aryl methyl sites for hydroxylation is 1. The van der Waals surface area contributed by atoms with Crippen molar-refractivity contribution in [1.29, 1.82) is 0 Å². The number of nitrogens with one attached hydrogen (secondary N) is 1. The van der Waals surface area contributed by atoms with Gasteiger partial charge in [-0.2, -0.15) is 0 Å². The number of fused-ring (bicyclic) bond motifs is 1. The minimum Gasteiger partial charge on any atom is -0.471 e. The molecule has 2 heteroatoms. The van der Waals surface area contributed by atoms with E-state index in [4.69, 9.17) is 4.74 Å². The van der Waals surface area contributed by atoms with E-state index in [-0.39, 0.29) is 0 Å². The second-order valence-electron chi connectivity index (χ2n) is 2.41. The number of para-hydroxylation sites is 1. The SMILES string of the molecule is CC.Cc1cccc2c1NCO2. The Bertz CT molecular complexity index is 258. The molecule has 66 valence electrons. The fourth-order valence-corrected chi connectivity index (χ4v) is 1.17. The summed E-state index contributed by atoms with van der Waals surface area (Å²) in [5, 5.41) is 3.15.